The highest BCUT2D eigenvalue weighted by atomic mass is 16.3. The smallest absolute Gasteiger partial charge is 0.220 e. The summed E-state index contributed by atoms with van der Waals surface area (Å²) >= 11 is 0. The number of unbranched alkanes of at least 4 members (excludes halogenated alkanes) is 47. The second kappa shape index (κ2) is 59.9. The number of hydrogen-bond acceptors (Lipinski definition) is 3. The minimum atomic E-state index is -0.869. The van der Waals surface area contributed by atoms with Crippen LogP contribution in [-0.4, -0.2) is 34.9 Å². The molecule has 0 aliphatic heterocycles. The summed E-state index contributed by atoms with van der Waals surface area (Å²) in [6, 6.07) is -0.644. The van der Waals surface area contributed by atoms with E-state index >= 15 is 0 Å². The fraction of sp³-hybridized carbons (Fsp3) is 0.891. The Morgan fingerprint density at radius 2 is 0.574 bits per heavy atom. The van der Waals surface area contributed by atoms with Gasteiger partial charge < -0.3 is 15.5 Å². The molecule has 0 fully saturated rings. The number of carbonyl (C=O) groups is 1. The average Bonchev–Trinajstić information content (AvgIpc) is 3.34. The van der Waals surface area contributed by atoms with E-state index in [4.69, 9.17) is 0 Å². The van der Waals surface area contributed by atoms with E-state index in [-0.39, 0.29) is 12.5 Å². The van der Waals surface area contributed by atoms with E-state index in [1.54, 1.807) is 6.08 Å². The first-order valence-electron chi connectivity index (χ1n) is 31.2. The lowest BCUT2D eigenvalue weighted by Crippen LogP contribution is -2.45. The van der Waals surface area contributed by atoms with Gasteiger partial charge in [0.2, 0.25) is 5.91 Å². The van der Waals surface area contributed by atoms with Crippen molar-refractivity contribution in [2.75, 3.05) is 6.61 Å². The highest BCUT2D eigenvalue weighted by Crippen LogP contribution is 2.18. The zero-order valence-electron chi connectivity index (χ0n) is 46.4. The van der Waals surface area contributed by atoms with Crippen LogP contribution in [0.25, 0.3) is 0 Å². The Labute approximate surface area is 427 Å². The standard InChI is InChI=1S/C64H123NO3/c1-3-5-7-9-11-13-15-17-19-21-23-24-25-26-27-28-29-30-31-32-33-34-35-36-37-38-39-40-42-44-46-48-50-52-54-56-58-60-64(68)65-62(61-66)63(67)59-57-55-53-51-49-47-45-43-41-22-20-18-16-14-12-10-8-6-4-2/h41,43,49,51,57,59,62-63,66-67H,3-40,42,44-48,50,52-56,58,60-61H2,1-2H3,(H,65,68)/b43-41+,51-49+,59-57+. The zero-order chi connectivity index (χ0) is 49.2. The van der Waals surface area contributed by atoms with Crippen molar-refractivity contribution in [1.82, 2.24) is 5.32 Å². The average molecular weight is 955 g/mol. The molecule has 2 atom stereocenters. The summed E-state index contributed by atoms with van der Waals surface area (Å²) in [6.07, 6.45) is 82.1. The van der Waals surface area contributed by atoms with Crippen LogP contribution in [-0.2, 0) is 4.79 Å². The molecule has 402 valence electrons. The quantitative estimate of drug-likeness (QED) is 0.0420. The number of nitrogens with one attached hydrogen (secondary N) is 1. The molecular weight excluding hydrogens is 831 g/mol. The van der Waals surface area contributed by atoms with E-state index in [9.17, 15) is 15.0 Å². The molecule has 0 spiro atoms. The molecule has 0 aromatic heterocycles. The lowest BCUT2D eigenvalue weighted by atomic mass is 10.0. The molecule has 4 nitrogen and oxygen atoms in total. The van der Waals surface area contributed by atoms with Crippen molar-refractivity contribution >= 4 is 5.91 Å². The lowest BCUT2D eigenvalue weighted by Gasteiger charge is -2.19. The van der Waals surface area contributed by atoms with E-state index in [2.05, 4.69) is 43.5 Å². The summed E-state index contributed by atoms with van der Waals surface area (Å²) in [5.41, 5.74) is 0. The molecule has 1 amide bonds. The minimum Gasteiger partial charge on any atom is -0.394 e. The maximum atomic E-state index is 12.5. The zero-order valence-corrected chi connectivity index (χ0v) is 46.4. The van der Waals surface area contributed by atoms with Crippen molar-refractivity contribution < 1.29 is 15.0 Å². The van der Waals surface area contributed by atoms with Crippen molar-refractivity contribution in [1.29, 1.82) is 0 Å². The van der Waals surface area contributed by atoms with Crippen LogP contribution in [0.15, 0.2) is 36.5 Å². The molecule has 0 aromatic rings. The monoisotopic (exact) mass is 954 g/mol. The summed E-state index contributed by atoms with van der Waals surface area (Å²) in [7, 11) is 0. The van der Waals surface area contributed by atoms with Crippen LogP contribution in [0.2, 0.25) is 0 Å². The number of hydrogen-bond donors (Lipinski definition) is 3. The molecule has 2 unspecified atom stereocenters. The van der Waals surface area contributed by atoms with Gasteiger partial charge in [-0.2, -0.15) is 0 Å². The fourth-order valence-electron chi connectivity index (χ4n) is 9.86. The molecule has 0 aromatic carbocycles. The van der Waals surface area contributed by atoms with Crippen LogP contribution >= 0.6 is 0 Å². The number of aliphatic hydroxyl groups excluding tert-OH is 2. The molecule has 0 aliphatic rings. The van der Waals surface area contributed by atoms with Crippen LogP contribution in [0.3, 0.4) is 0 Å². The Hall–Kier alpha value is -1.39. The molecule has 0 aliphatic carbocycles. The first-order valence-corrected chi connectivity index (χ1v) is 31.2. The maximum Gasteiger partial charge on any atom is 0.220 e. The van der Waals surface area contributed by atoms with E-state index in [1.807, 2.05) is 6.08 Å². The number of amides is 1. The molecule has 0 rings (SSSR count). The molecular formula is C64H123NO3. The number of rotatable bonds is 58. The van der Waals surface area contributed by atoms with E-state index in [1.165, 1.54) is 289 Å². The molecule has 4 heteroatoms. The Bertz CT molecular complexity index is 1040. The van der Waals surface area contributed by atoms with Gasteiger partial charge in [-0.05, 0) is 44.9 Å². The van der Waals surface area contributed by atoms with E-state index in [0.29, 0.717) is 6.42 Å². The third-order valence-electron chi connectivity index (χ3n) is 14.6. The first kappa shape index (κ1) is 66.6. The van der Waals surface area contributed by atoms with Gasteiger partial charge >= 0.3 is 0 Å². The minimum absolute atomic E-state index is 0.0713. The molecule has 0 bridgehead atoms. The molecule has 0 radical (unpaired) electrons. The van der Waals surface area contributed by atoms with Gasteiger partial charge in [-0.3, -0.25) is 4.79 Å². The number of carbonyl (C=O) groups excluding carboxylic acids is 1. The van der Waals surface area contributed by atoms with Crippen LogP contribution in [0.4, 0.5) is 0 Å². The van der Waals surface area contributed by atoms with Crippen molar-refractivity contribution in [2.45, 2.75) is 360 Å². The van der Waals surface area contributed by atoms with Gasteiger partial charge in [0.25, 0.3) is 0 Å². The molecule has 0 saturated heterocycles. The van der Waals surface area contributed by atoms with Gasteiger partial charge in [-0.1, -0.05) is 333 Å². The number of aliphatic hydroxyl groups is 2. The summed E-state index contributed by atoms with van der Waals surface area (Å²) in [6.45, 7) is 4.33. The van der Waals surface area contributed by atoms with Crippen molar-refractivity contribution in [3.05, 3.63) is 36.5 Å². The topological polar surface area (TPSA) is 69.6 Å². The summed E-state index contributed by atoms with van der Waals surface area (Å²) in [5.74, 6) is -0.0713. The van der Waals surface area contributed by atoms with Crippen molar-refractivity contribution in [3.63, 3.8) is 0 Å². The van der Waals surface area contributed by atoms with Gasteiger partial charge in [-0.25, -0.2) is 0 Å². The predicted octanol–water partition coefficient (Wildman–Crippen LogP) is 20.8. The number of allylic oxidation sites excluding steroid dienone is 5. The first-order chi connectivity index (χ1) is 33.7. The largest absolute Gasteiger partial charge is 0.394 e. The third-order valence-corrected chi connectivity index (χ3v) is 14.6. The van der Waals surface area contributed by atoms with E-state index in [0.717, 1.165) is 38.5 Å². The third kappa shape index (κ3) is 55.5. The highest BCUT2D eigenvalue weighted by molar-refractivity contribution is 5.76. The fourth-order valence-corrected chi connectivity index (χ4v) is 9.86. The van der Waals surface area contributed by atoms with Crippen LogP contribution in [0, 0.1) is 0 Å². The Balaban J connectivity index is 3.42. The molecule has 0 saturated carbocycles. The second-order valence-corrected chi connectivity index (χ2v) is 21.5. The lowest BCUT2D eigenvalue weighted by molar-refractivity contribution is -0.123. The van der Waals surface area contributed by atoms with Crippen molar-refractivity contribution in [3.8, 4) is 0 Å². The van der Waals surface area contributed by atoms with E-state index < -0.39 is 12.1 Å². The van der Waals surface area contributed by atoms with Gasteiger partial charge in [-0.15, -0.1) is 0 Å². The van der Waals surface area contributed by atoms with Crippen LogP contribution in [0.5, 0.6) is 0 Å². The Morgan fingerprint density at radius 3 is 0.853 bits per heavy atom. The molecule has 0 heterocycles. The van der Waals surface area contributed by atoms with Crippen molar-refractivity contribution in [2.24, 2.45) is 0 Å². The van der Waals surface area contributed by atoms with Gasteiger partial charge in [0.1, 0.15) is 0 Å². The van der Waals surface area contributed by atoms with Gasteiger partial charge in [0.15, 0.2) is 0 Å². The van der Waals surface area contributed by atoms with Gasteiger partial charge in [0.05, 0.1) is 18.8 Å². The summed E-state index contributed by atoms with van der Waals surface area (Å²) in [5, 5.41) is 23.1. The van der Waals surface area contributed by atoms with Crippen LogP contribution < -0.4 is 5.32 Å². The Morgan fingerprint density at radius 1 is 0.338 bits per heavy atom. The predicted molar refractivity (Wildman–Crippen MR) is 304 cm³/mol. The highest BCUT2D eigenvalue weighted by Gasteiger charge is 2.18. The SMILES string of the molecule is CCCCCCCCCCC/C=C/CC/C=C/CC/C=C/C(O)C(CO)NC(=O)CCCCCCCCCCCCCCCCCCCCCCCCCCCCCCCCCCCCCCC. The molecule has 3 N–H and O–H groups in total. The normalized spacial score (nSPS) is 12.9. The second-order valence-electron chi connectivity index (χ2n) is 21.5. The molecule has 68 heavy (non-hydrogen) atoms. The van der Waals surface area contributed by atoms with Gasteiger partial charge in [0, 0.05) is 6.42 Å². The van der Waals surface area contributed by atoms with Crippen LogP contribution in [0.1, 0.15) is 348 Å². The Kier molecular flexibility index (Phi) is 58.7. The maximum absolute atomic E-state index is 12.5. The summed E-state index contributed by atoms with van der Waals surface area (Å²) in [4.78, 5) is 12.5. The summed E-state index contributed by atoms with van der Waals surface area (Å²) < 4.78 is 0.